The smallest absolute Gasteiger partial charge is 0.287 e. The fourth-order valence-corrected chi connectivity index (χ4v) is 2.14. The number of benzene rings is 1. The number of halogens is 1. The van der Waals surface area contributed by atoms with Crippen molar-refractivity contribution in [2.45, 2.75) is 0 Å². The Labute approximate surface area is 135 Å². The van der Waals surface area contributed by atoms with Crippen molar-refractivity contribution in [2.75, 3.05) is 23.8 Å². The molecule has 114 valence electrons. The number of likely N-dealkylation sites (N-methyl/N-ethyl adjacent to an activating group) is 1. The summed E-state index contributed by atoms with van der Waals surface area (Å²) in [5, 5.41) is 13.4. The zero-order chi connectivity index (χ0) is 16.1. The Morgan fingerprint density at radius 1 is 1.36 bits per heavy atom. The van der Waals surface area contributed by atoms with E-state index in [9.17, 15) is 14.9 Å². The molecule has 2 aromatic rings. The first-order valence-corrected chi connectivity index (χ1v) is 7.12. The van der Waals surface area contributed by atoms with Gasteiger partial charge < -0.3 is 10.2 Å². The molecule has 1 aromatic heterocycles. The summed E-state index contributed by atoms with van der Waals surface area (Å²) < 4.78 is 0.791. The van der Waals surface area contributed by atoms with Gasteiger partial charge in [-0.3, -0.25) is 14.9 Å². The molecule has 8 heteroatoms. The van der Waals surface area contributed by atoms with Crippen molar-refractivity contribution in [3.05, 3.63) is 57.2 Å². The zero-order valence-electron chi connectivity index (χ0n) is 11.7. The summed E-state index contributed by atoms with van der Waals surface area (Å²) in [7, 11) is 1.69. The van der Waals surface area contributed by atoms with Crippen LogP contribution >= 0.6 is 15.9 Å². The number of hydrogen-bond donors (Lipinski definition) is 1. The molecule has 22 heavy (non-hydrogen) atoms. The Bertz CT molecular complexity index is 691. The lowest BCUT2D eigenvalue weighted by molar-refractivity contribution is -0.385. The number of nitro groups is 1. The maximum absolute atomic E-state index is 12.0. The molecule has 0 bridgehead atoms. The van der Waals surface area contributed by atoms with Crippen LogP contribution in [-0.4, -0.2) is 29.4 Å². The molecule has 0 aliphatic rings. The SMILES string of the molecule is CN(CC(=O)Nc1ccccc1Br)c1ccc([N+](=O)[O-])cn1. The van der Waals surface area contributed by atoms with Gasteiger partial charge in [-0.15, -0.1) is 0 Å². The van der Waals surface area contributed by atoms with Crippen molar-refractivity contribution < 1.29 is 9.72 Å². The number of nitrogens with zero attached hydrogens (tertiary/aromatic N) is 3. The minimum Gasteiger partial charge on any atom is -0.350 e. The molecule has 7 nitrogen and oxygen atoms in total. The summed E-state index contributed by atoms with van der Waals surface area (Å²) >= 11 is 3.35. The number of carbonyl (C=O) groups is 1. The Hall–Kier alpha value is -2.48. The summed E-state index contributed by atoms with van der Waals surface area (Å²) in [5.41, 5.74) is 0.590. The molecule has 0 atom stereocenters. The molecular weight excluding hydrogens is 352 g/mol. The Kier molecular flexibility index (Phi) is 5.05. The highest BCUT2D eigenvalue weighted by atomic mass is 79.9. The molecule has 1 N–H and O–H groups in total. The molecule has 0 aliphatic carbocycles. The first-order valence-electron chi connectivity index (χ1n) is 6.33. The largest absolute Gasteiger partial charge is 0.350 e. The first-order chi connectivity index (χ1) is 10.5. The molecule has 1 heterocycles. The van der Waals surface area contributed by atoms with Crippen molar-refractivity contribution in [1.82, 2.24) is 4.98 Å². The molecule has 0 radical (unpaired) electrons. The van der Waals surface area contributed by atoms with E-state index in [1.165, 1.54) is 12.1 Å². The molecule has 1 amide bonds. The van der Waals surface area contributed by atoms with Gasteiger partial charge in [-0.2, -0.15) is 0 Å². The monoisotopic (exact) mass is 364 g/mol. The van der Waals surface area contributed by atoms with Crippen LogP contribution in [0.5, 0.6) is 0 Å². The van der Waals surface area contributed by atoms with E-state index in [2.05, 4.69) is 26.2 Å². The highest BCUT2D eigenvalue weighted by Crippen LogP contribution is 2.21. The number of pyridine rings is 1. The number of anilines is 2. The standard InChI is InChI=1S/C14H13BrN4O3/c1-18(13-7-6-10(8-16-13)19(21)22)9-14(20)17-12-5-3-2-4-11(12)15/h2-8H,9H2,1H3,(H,17,20). The van der Waals surface area contributed by atoms with Gasteiger partial charge in [0.1, 0.15) is 12.0 Å². The van der Waals surface area contributed by atoms with Gasteiger partial charge in [0.15, 0.2) is 0 Å². The minimum atomic E-state index is -0.517. The van der Waals surface area contributed by atoms with Crippen LogP contribution in [0.3, 0.4) is 0 Å². The second-order valence-electron chi connectivity index (χ2n) is 4.52. The second kappa shape index (κ2) is 6.99. The normalized spacial score (nSPS) is 10.1. The number of aromatic nitrogens is 1. The van der Waals surface area contributed by atoms with Gasteiger partial charge in [-0.05, 0) is 34.1 Å². The number of nitrogens with one attached hydrogen (secondary N) is 1. The van der Waals surface area contributed by atoms with E-state index in [0.717, 1.165) is 10.7 Å². The molecule has 1 aromatic carbocycles. The topological polar surface area (TPSA) is 88.4 Å². The fraction of sp³-hybridized carbons (Fsp3) is 0.143. The lowest BCUT2D eigenvalue weighted by Crippen LogP contribution is -2.30. The Balaban J connectivity index is 1.99. The molecule has 0 unspecified atom stereocenters. The third-order valence-corrected chi connectivity index (χ3v) is 3.55. The number of rotatable bonds is 5. The van der Waals surface area contributed by atoms with Crippen LogP contribution in [0.25, 0.3) is 0 Å². The third kappa shape index (κ3) is 4.01. The quantitative estimate of drug-likeness (QED) is 0.650. The van der Waals surface area contributed by atoms with E-state index < -0.39 is 4.92 Å². The van der Waals surface area contributed by atoms with Crippen LogP contribution in [0, 0.1) is 10.1 Å². The van der Waals surface area contributed by atoms with Gasteiger partial charge in [0, 0.05) is 17.6 Å². The highest BCUT2D eigenvalue weighted by Gasteiger charge is 2.12. The third-order valence-electron chi connectivity index (χ3n) is 2.86. The lowest BCUT2D eigenvalue weighted by atomic mass is 10.3. The van der Waals surface area contributed by atoms with E-state index >= 15 is 0 Å². The minimum absolute atomic E-state index is 0.0755. The first kappa shape index (κ1) is 15.9. The molecule has 0 fully saturated rings. The summed E-state index contributed by atoms with van der Waals surface area (Å²) in [6.45, 7) is 0.0755. The predicted molar refractivity (Wildman–Crippen MR) is 86.9 cm³/mol. The van der Waals surface area contributed by atoms with E-state index in [4.69, 9.17) is 0 Å². The number of carbonyl (C=O) groups excluding carboxylic acids is 1. The van der Waals surface area contributed by atoms with Crippen LogP contribution in [-0.2, 0) is 4.79 Å². The van der Waals surface area contributed by atoms with Crippen molar-refractivity contribution in [3.8, 4) is 0 Å². The number of amides is 1. The van der Waals surface area contributed by atoms with E-state index in [1.54, 1.807) is 18.0 Å². The van der Waals surface area contributed by atoms with Gasteiger partial charge >= 0.3 is 0 Å². The van der Waals surface area contributed by atoms with Crippen molar-refractivity contribution in [1.29, 1.82) is 0 Å². The summed E-state index contributed by atoms with van der Waals surface area (Å²) in [5.74, 6) is 0.266. The van der Waals surface area contributed by atoms with E-state index in [1.807, 2.05) is 18.2 Å². The summed E-state index contributed by atoms with van der Waals surface area (Å²) in [6.07, 6.45) is 1.16. The van der Waals surface area contributed by atoms with Gasteiger partial charge in [0.2, 0.25) is 5.91 Å². The van der Waals surface area contributed by atoms with Crippen LogP contribution in [0.4, 0.5) is 17.2 Å². The van der Waals surface area contributed by atoms with Crippen LogP contribution in [0.15, 0.2) is 47.1 Å². The van der Waals surface area contributed by atoms with Crippen LogP contribution in [0.1, 0.15) is 0 Å². The van der Waals surface area contributed by atoms with Crippen molar-refractivity contribution >= 4 is 39.0 Å². The summed E-state index contributed by atoms with van der Waals surface area (Å²) in [4.78, 5) is 27.7. The van der Waals surface area contributed by atoms with Crippen LogP contribution in [0.2, 0.25) is 0 Å². The highest BCUT2D eigenvalue weighted by molar-refractivity contribution is 9.10. The van der Waals surface area contributed by atoms with Crippen molar-refractivity contribution in [3.63, 3.8) is 0 Å². The average Bonchev–Trinajstić information content (AvgIpc) is 2.49. The Morgan fingerprint density at radius 2 is 2.09 bits per heavy atom. The fourth-order valence-electron chi connectivity index (χ4n) is 1.76. The molecule has 2 rings (SSSR count). The zero-order valence-corrected chi connectivity index (χ0v) is 13.3. The maximum atomic E-state index is 12.0. The molecule has 0 saturated carbocycles. The molecule has 0 spiro atoms. The molecule has 0 aliphatic heterocycles. The van der Waals surface area contributed by atoms with Gasteiger partial charge in [-0.25, -0.2) is 4.98 Å². The number of hydrogen-bond acceptors (Lipinski definition) is 5. The van der Waals surface area contributed by atoms with E-state index in [-0.39, 0.29) is 18.1 Å². The van der Waals surface area contributed by atoms with Crippen LogP contribution < -0.4 is 10.2 Å². The molecular formula is C14H13BrN4O3. The second-order valence-corrected chi connectivity index (χ2v) is 5.37. The summed E-state index contributed by atoms with van der Waals surface area (Å²) in [6, 6.07) is 10.1. The predicted octanol–water partition coefficient (Wildman–Crippen LogP) is 2.83. The average molecular weight is 365 g/mol. The Morgan fingerprint density at radius 3 is 2.68 bits per heavy atom. The lowest BCUT2D eigenvalue weighted by Gasteiger charge is -2.17. The van der Waals surface area contributed by atoms with Gasteiger partial charge in [-0.1, -0.05) is 12.1 Å². The maximum Gasteiger partial charge on any atom is 0.287 e. The van der Waals surface area contributed by atoms with Gasteiger partial charge in [0.25, 0.3) is 5.69 Å². The number of para-hydroxylation sites is 1. The van der Waals surface area contributed by atoms with E-state index in [0.29, 0.717) is 11.5 Å². The molecule has 0 saturated heterocycles. The van der Waals surface area contributed by atoms with Crippen molar-refractivity contribution in [2.24, 2.45) is 0 Å². The van der Waals surface area contributed by atoms with Gasteiger partial charge in [0.05, 0.1) is 17.2 Å².